The van der Waals surface area contributed by atoms with Crippen molar-refractivity contribution in [2.24, 2.45) is 4.99 Å². The molecule has 0 unspecified atom stereocenters. The van der Waals surface area contributed by atoms with Crippen molar-refractivity contribution in [1.82, 2.24) is 10.0 Å². The number of hydrogen-bond donors (Lipinski definition) is 3. The molecular weight excluding hydrogens is 320 g/mol. The van der Waals surface area contributed by atoms with Gasteiger partial charge in [0.1, 0.15) is 0 Å². The van der Waals surface area contributed by atoms with Gasteiger partial charge in [0.25, 0.3) is 0 Å². The molecule has 9 heteroatoms. The van der Waals surface area contributed by atoms with Crippen LogP contribution in [0.3, 0.4) is 0 Å². The Labute approximate surface area is 137 Å². The highest BCUT2D eigenvalue weighted by Crippen LogP contribution is 2.29. The summed E-state index contributed by atoms with van der Waals surface area (Å²) >= 11 is 0. The number of benzene rings is 1. The molecule has 1 aromatic rings. The SMILES string of the molecule is CCS(=O)(=O)NCCNC(=NC)Nc1ccc(OC)c(OC)c1. The lowest BCUT2D eigenvalue weighted by Crippen LogP contribution is -2.38. The van der Waals surface area contributed by atoms with Crippen molar-refractivity contribution in [3.05, 3.63) is 18.2 Å². The van der Waals surface area contributed by atoms with Crippen LogP contribution in [-0.4, -0.2) is 54.5 Å². The first kappa shape index (κ1) is 19.0. The van der Waals surface area contributed by atoms with E-state index in [4.69, 9.17) is 9.47 Å². The van der Waals surface area contributed by atoms with E-state index in [-0.39, 0.29) is 12.3 Å². The molecule has 0 aliphatic heterocycles. The fourth-order valence-corrected chi connectivity index (χ4v) is 2.34. The maximum absolute atomic E-state index is 11.3. The predicted molar refractivity (Wildman–Crippen MR) is 92.0 cm³/mol. The van der Waals surface area contributed by atoms with Crippen LogP contribution in [0.5, 0.6) is 11.5 Å². The molecular formula is C14H24N4O4S. The Kier molecular flexibility index (Phi) is 7.63. The van der Waals surface area contributed by atoms with E-state index >= 15 is 0 Å². The Morgan fingerprint density at radius 3 is 2.43 bits per heavy atom. The van der Waals surface area contributed by atoms with Gasteiger partial charge in [0.15, 0.2) is 17.5 Å². The Balaban J connectivity index is 2.57. The zero-order chi connectivity index (χ0) is 17.3. The molecule has 0 radical (unpaired) electrons. The van der Waals surface area contributed by atoms with Crippen LogP contribution in [0.4, 0.5) is 5.69 Å². The Bertz CT molecular complexity index is 632. The Morgan fingerprint density at radius 2 is 1.87 bits per heavy atom. The third-order valence-electron chi connectivity index (χ3n) is 2.99. The maximum Gasteiger partial charge on any atom is 0.211 e. The fourth-order valence-electron chi connectivity index (χ4n) is 1.72. The molecule has 0 saturated carbocycles. The number of nitrogens with one attached hydrogen (secondary N) is 3. The van der Waals surface area contributed by atoms with E-state index < -0.39 is 10.0 Å². The summed E-state index contributed by atoms with van der Waals surface area (Å²) in [6.07, 6.45) is 0. The number of anilines is 1. The van der Waals surface area contributed by atoms with Crippen molar-refractivity contribution < 1.29 is 17.9 Å². The summed E-state index contributed by atoms with van der Waals surface area (Å²) in [6.45, 7) is 2.28. The highest BCUT2D eigenvalue weighted by molar-refractivity contribution is 7.89. The van der Waals surface area contributed by atoms with E-state index in [9.17, 15) is 8.42 Å². The van der Waals surface area contributed by atoms with Gasteiger partial charge in [0.2, 0.25) is 10.0 Å². The molecule has 1 aromatic carbocycles. The van der Waals surface area contributed by atoms with Crippen LogP contribution in [0.25, 0.3) is 0 Å². The van der Waals surface area contributed by atoms with Crippen molar-refractivity contribution in [3.63, 3.8) is 0 Å². The largest absolute Gasteiger partial charge is 0.493 e. The number of hydrogen-bond acceptors (Lipinski definition) is 5. The van der Waals surface area contributed by atoms with Crippen LogP contribution in [0, 0.1) is 0 Å². The van der Waals surface area contributed by atoms with Crippen LogP contribution >= 0.6 is 0 Å². The molecule has 0 bridgehead atoms. The molecule has 0 saturated heterocycles. The van der Waals surface area contributed by atoms with E-state index in [1.807, 2.05) is 6.07 Å². The van der Waals surface area contributed by atoms with Gasteiger partial charge in [-0.3, -0.25) is 4.99 Å². The second kappa shape index (κ2) is 9.21. The Morgan fingerprint density at radius 1 is 1.17 bits per heavy atom. The minimum absolute atomic E-state index is 0.0611. The molecule has 0 spiro atoms. The van der Waals surface area contributed by atoms with Crippen molar-refractivity contribution in [1.29, 1.82) is 0 Å². The van der Waals surface area contributed by atoms with Crippen LogP contribution in [0.1, 0.15) is 6.92 Å². The zero-order valence-electron chi connectivity index (χ0n) is 13.8. The average Bonchev–Trinajstić information content (AvgIpc) is 2.57. The lowest BCUT2D eigenvalue weighted by Gasteiger charge is -2.14. The van der Waals surface area contributed by atoms with Crippen LogP contribution in [0.2, 0.25) is 0 Å². The summed E-state index contributed by atoms with van der Waals surface area (Å²) in [5, 5.41) is 6.11. The third-order valence-corrected chi connectivity index (χ3v) is 4.39. The van der Waals surface area contributed by atoms with Gasteiger partial charge in [0, 0.05) is 31.9 Å². The Hall–Kier alpha value is -2.00. The number of sulfonamides is 1. The van der Waals surface area contributed by atoms with E-state index in [1.54, 1.807) is 40.3 Å². The molecule has 0 fully saturated rings. The minimum atomic E-state index is -3.18. The highest BCUT2D eigenvalue weighted by Gasteiger charge is 2.07. The molecule has 3 N–H and O–H groups in total. The van der Waals surface area contributed by atoms with Gasteiger partial charge >= 0.3 is 0 Å². The topological polar surface area (TPSA) is 101 Å². The van der Waals surface area contributed by atoms with Gasteiger partial charge in [0.05, 0.1) is 20.0 Å². The van der Waals surface area contributed by atoms with Gasteiger partial charge in [-0.05, 0) is 19.1 Å². The maximum atomic E-state index is 11.3. The number of nitrogens with zero attached hydrogens (tertiary/aromatic N) is 1. The molecule has 0 aliphatic rings. The van der Waals surface area contributed by atoms with E-state index in [1.165, 1.54) is 0 Å². The number of rotatable bonds is 8. The standard InChI is InChI=1S/C14H24N4O4S/c1-5-23(19,20)17-9-8-16-14(15-2)18-11-6-7-12(21-3)13(10-11)22-4/h6-7,10,17H,5,8-9H2,1-4H3,(H2,15,16,18). The first-order valence-corrected chi connectivity index (χ1v) is 8.78. The second-order valence-electron chi connectivity index (χ2n) is 4.49. The molecule has 8 nitrogen and oxygen atoms in total. The number of guanidine groups is 1. The second-order valence-corrected chi connectivity index (χ2v) is 6.59. The smallest absolute Gasteiger partial charge is 0.211 e. The number of ether oxygens (including phenoxy) is 2. The summed E-state index contributed by atoms with van der Waals surface area (Å²) in [6, 6.07) is 5.39. The molecule has 0 heterocycles. The van der Waals surface area contributed by atoms with Crippen LogP contribution in [0.15, 0.2) is 23.2 Å². The normalized spacial score (nSPS) is 11.9. The van der Waals surface area contributed by atoms with Gasteiger partial charge in [-0.25, -0.2) is 13.1 Å². The third kappa shape index (κ3) is 6.33. The molecule has 130 valence electrons. The van der Waals surface area contributed by atoms with Crippen molar-refractivity contribution in [2.75, 3.05) is 45.4 Å². The monoisotopic (exact) mass is 344 g/mol. The van der Waals surface area contributed by atoms with Crippen molar-refractivity contribution in [3.8, 4) is 11.5 Å². The molecule has 1 rings (SSSR count). The summed E-state index contributed by atoms with van der Waals surface area (Å²) in [5.74, 6) is 1.82. The van der Waals surface area contributed by atoms with Crippen molar-refractivity contribution >= 4 is 21.7 Å². The van der Waals surface area contributed by atoms with E-state index in [0.29, 0.717) is 24.0 Å². The molecule has 0 aromatic heterocycles. The molecule has 0 atom stereocenters. The summed E-state index contributed by atoms with van der Waals surface area (Å²) in [5.41, 5.74) is 0.768. The predicted octanol–water partition coefficient (Wildman–Crippen LogP) is 0.630. The number of aliphatic imine (C=N–C) groups is 1. The summed E-state index contributed by atoms with van der Waals surface area (Å²) < 4.78 is 35.5. The van der Waals surface area contributed by atoms with E-state index in [0.717, 1.165) is 5.69 Å². The first-order chi connectivity index (χ1) is 11.0. The average molecular weight is 344 g/mol. The van der Waals surface area contributed by atoms with Gasteiger partial charge < -0.3 is 20.1 Å². The van der Waals surface area contributed by atoms with Gasteiger partial charge in [-0.15, -0.1) is 0 Å². The first-order valence-electron chi connectivity index (χ1n) is 7.12. The summed E-state index contributed by atoms with van der Waals surface area (Å²) in [7, 11) is 1.59. The quantitative estimate of drug-likeness (QED) is 0.363. The zero-order valence-corrected chi connectivity index (χ0v) is 14.7. The molecule has 23 heavy (non-hydrogen) atoms. The lowest BCUT2D eigenvalue weighted by molar-refractivity contribution is 0.355. The van der Waals surface area contributed by atoms with Crippen LogP contribution < -0.4 is 24.8 Å². The van der Waals surface area contributed by atoms with Crippen molar-refractivity contribution in [2.45, 2.75) is 6.92 Å². The highest BCUT2D eigenvalue weighted by atomic mass is 32.2. The van der Waals surface area contributed by atoms with Gasteiger partial charge in [-0.1, -0.05) is 0 Å². The molecule has 0 amide bonds. The lowest BCUT2D eigenvalue weighted by atomic mass is 10.3. The fraction of sp³-hybridized carbons (Fsp3) is 0.500. The van der Waals surface area contributed by atoms with Gasteiger partial charge in [-0.2, -0.15) is 0 Å². The summed E-state index contributed by atoms with van der Waals surface area (Å²) in [4.78, 5) is 4.08. The minimum Gasteiger partial charge on any atom is -0.493 e. The number of methoxy groups -OCH3 is 2. The van der Waals surface area contributed by atoms with Crippen LogP contribution in [-0.2, 0) is 10.0 Å². The van der Waals surface area contributed by atoms with E-state index in [2.05, 4.69) is 20.3 Å². The molecule has 0 aliphatic carbocycles.